The number of nitrogens with one attached hydrogen (secondary N) is 1. The van der Waals surface area contributed by atoms with Crippen molar-refractivity contribution in [2.75, 3.05) is 6.54 Å². The third-order valence-corrected chi connectivity index (χ3v) is 3.93. The Labute approximate surface area is 140 Å². The number of para-hydroxylation sites is 1. The van der Waals surface area contributed by atoms with E-state index in [9.17, 15) is 9.59 Å². The quantitative estimate of drug-likeness (QED) is 0.785. The van der Waals surface area contributed by atoms with Gasteiger partial charge in [0.15, 0.2) is 0 Å². The molecule has 3 aromatic rings. The van der Waals surface area contributed by atoms with Gasteiger partial charge in [0.25, 0.3) is 5.56 Å². The fraction of sp³-hybridized carbons (Fsp3) is 0.211. The van der Waals surface area contributed by atoms with Gasteiger partial charge in [0.05, 0.1) is 17.3 Å². The second kappa shape index (κ2) is 7.08. The maximum atomic E-state index is 12.6. The zero-order valence-electron chi connectivity index (χ0n) is 13.5. The number of hydrogen-bond acceptors (Lipinski definition) is 3. The minimum atomic E-state index is -0.213. The van der Waals surface area contributed by atoms with Gasteiger partial charge >= 0.3 is 0 Å². The molecule has 0 fully saturated rings. The fourth-order valence-electron chi connectivity index (χ4n) is 2.65. The van der Waals surface area contributed by atoms with Crippen molar-refractivity contribution in [3.05, 3.63) is 76.3 Å². The van der Waals surface area contributed by atoms with Crippen molar-refractivity contribution in [2.45, 2.75) is 19.9 Å². The number of carbonyl (C=O) groups excluding carboxylic acids is 1. The summed E-state index contributed by atoms with van der Waals surface area (Å²) in [5.74, 6) is 0.343. The van der Waals surface area contributed by atoms with Gasteiger partial charge in [-0.2, -0.15) is 0 Å². The number of likely N-dealkylation sites (N-methyl/N-ethyl adjacent to an activating group) is 1. The number of fused-ring (bicyclic) bond motifs is 1. The lowest BCUT2D eigenvalue weighted by Crippen LogP contribution is -2.32. The Bertz CT molecular complexity index is 903. The first-order chi connectivity index (χ1) is 11.7. The highest BCUT2D eigenvalue weighted by Gasteiger charge is 2.15. The maximum absolute atomic E-state index is 12.6. The summed E-state index contributed by atoms with van der Waals surface area (Å²) < 4.78 is 0. The Balaban J connectivity index is 1.79. The first-order valence-corrected chi connectivity index (χ1v) is 7.97. The summed E-state index contributed by atoms with van der Waals surface area (Å²) in [5, 5.41) is 0.533. The second-order valence-corrected chi connectivity index (χ2v) is 5.60. The Morgan fingerprint density at radius 1 is 1.08 bits per heavy atom. The molecule has 5 nitrogen and oxygen atoms in total. The van der Waals surface area contributed by atoms with Crippen LogP contribution in [0.15, 0.2) is 59.4 Å². The summed E-state index contributed by atoms with van der Waals surface area (Å²) in [6.07, 6.45) is 0.0841. The van der Waals surface area contributed by atoms with Crippen molar-refractivity contribution in [2.24, 2.45) is 0 Å². The Morgan fingerprint density at radius 2 is 1.79 bits per heavy atom. The smallest absolute Gasteiger partial charge is 0.258 e. The van der Waals surface area contributed by atoms with E-state index in [1.54, 1.807) is 23.1 Å². The van der Waals surface area contributed by atoms with Gasteiger partial charge in [0, 0.05) is 13.1 Å². The van der Waals surface area contributed by atoms with Gasteiger partial charge in [0.1, 0.15) is 5.82 Å². The Hall–Kier alpha value is -2.95. The lowest BCUT2D eigenvalue weighted by Gasteiger charge is -2.20. The lowest BCUT2D eigenvalue weighted by molar-refractivity contribution is -0.131. The molecule has 1 amide bonds. The molecule has 1 heterocycles. The van der Waals surface area contributed by atoms with Gasteiger partial charge in [0.2, 0.25) is 5.91 Å². The fourth-order valence-corrected chi connectivity index (χ4v) is 2.65. The highest BCUT2D eigenvalue weighted by atomic mass is 16.2. The molecule has 24 heavy (non-hydrogen) atoms. The number of amides is 1. The van der Waals surface area contributed by atoms with Crippen molar-refractivity contribution in [3.63, 3.8) is 0 Å². The van der Waals surface area contributed by atoms with Crippen molar-refractivity contribution >= 4 is 16.8 Å². The van der Waals surface area contributed by atoms with E-state index in [0.29, 0.717) is 29.8 Å². The largest absolute Gasteiger partial charge is 0.338 e. The van der Waals surface area contributed by atoms with Crippen LogP contribution in [0.3, 0.4) is 0 Å². The molecule has 0 saturated carbocycles. The van der Waals surface area contributed by atoms with E-state index in [-0.39, 0.29) is 17.9 Å². The van der Waals surface area contributed by atoms with Crippen LogP contribution >= 0.6 is 0 Å². The molecule has 0 aliphatic heterocycles. The molecule has 0 atom stereocenters. The summed E-state index contributed by atoms with van der Waals surface area (Å²) in [5.41, 5.74) is 1.47. The predicted octanol–water partition coefficient (Wildman–Crippen LogP) is 2.51. The monoisotopic (exact) mass is 321 g/mol. The van der Waals surface area contributed by atoms with Gasteiger partial charge < -0.3 is 9.88 Å². The van der Waals surface area contributed by atoms with Crippen LogP contribution in [-0.2, 0) is 17.8 Å². The lowest BCUT2D eigenvalue weighted by atomic mass is 10.2. The van der Waals surface area contributed by atoms with Crippen molar-refractivity contribution < 1.29 is 4.79 Å². The van der Waals surface area contributed by atoms with Crippen LogP contribution in [0.5, 0.6) is 0 Å². The molecule has 0 unspecified atom stereocenters. The average Bonchev–Trinajstić information content (AvgIpc) is 2.60. The first-order valence-electron chi connectivity index (χ1n) is 7.97. The molecule has 0 aliphatic carbocycles. The van der Waals surface area contributed by atoms with E-state index in [0.717, 1.165) is 5.56 Å². The van der Waals surface area contributed by atoms with Crippen molar-refractivity contribution in [3.8, 4) is 0 Å². The number of rotatable bonds is 5. The summed E-state index contributed by atoms with van der Waals surface area (Å²) in [6, 6.07) is 17.0. The Kier molecular flexibility index (Phi) is 4.70. The summed E-state index contributed by atoms with van der Waals surface area (Å²) in [4.78, 5) is 33.5. The van der Waals surface area contributed by atoms with Gasteiger partial charge in [-0.25, -0.2) is 4.98 Å². The average molecular weight is 321 g/mol. The molecule has 0 radical (unpaired) electrons. The van der Waals surface area contributed by atoms with Crippen molar-refractivity contribution in [1.82, 2.24) is 14.9 Å². The predicted molar refractivity (Wildman–Crippen MR) is 93.6 cm³/mol. The van der Waals surface area contributed by atoms with Crippen LogP contribution in [0.4, 0.5) is 0 Å². The molecule has 1 aromatic heterocycles. The summed E-state index contributed by atoms with van der Waals surface area (Å²) in [6.45, 7) is 3.09. The summed E-state index contributed by atoms with van der Waals surface area (Å²) in [7, 11) is 0. The van der Waals surface area contributed by atoms with E-state index < -0.39 is 0 Å². The zero-order chi connectivity index (χ0) is 16.9. The maximum Gasteiger partial charge on any atom is 0.258 e. The van der Waals surface area contributed by atoms with Crippen LogP contribution in [-0.4, -0.2) is 27.3 Å². The number of aromatic nitrogens is 2. The van der Waals surface area contributed by atoms with E-state index >= 15 is 0 Å². The SMILES string of the molecule is CCN(Cc1ccccc1)C(=O)Cc1nc2ccccc2c(=O)[nH]1. The highest BCUT2D eigenvalue weighted by molar-refractivity contribution is 5.80. The van der Waals surface area contributed by atoms with Gasteiger partial charge in [-0.3, -0.25) is 9.59 Å². The highest BCUT2D eigenvalue weighted by Crippen LogP contribution is 2.09. The molecule has 0 aliphatic rings. The number of aromatic amines is 1. The topological polar surface area (TPSA) is 66.1 Å². The molecular weight excluding hydrogens is 302 g/mol. The molecule has 0 saturated heterocycles. The van der Waals surface area contributed by atoms with Crippen LogP contribution in [0, 0.1) is 0 Å². The standard InChI is InChI=1S/C19H19N3O2/c1-2-22(13-14-8-4-3-5-9-14)18(23)12-17-20-16-11-7-6-10-15(16)19(24)21-17/h3-11H,2,12-13H2,1H3,(H,20,21,24). The minimum Gasteiger partial charge on any atom is -0.338 e. The molecule has 0 bridgehead atoms. The normalized spacial score (nSPS) is 10.7. The third kappa shape index (κ3) is 3.51. The van der Waals surface area contributed by atoms with Crippen LogP contribution < -0.4 is 5.56 Å². The van der Waals surface area contributed by atoms with E-state index in [2.05, 4.69) is 9.97 Å². The molecule has 1 N–H and O–H groups in total. The first kappa shape index (κ1) is 15.9. The van der Waals surface area contributed by atoms with Crippen LogP contribution in [0.2, 0.25) is 0 Å². The van der Waals surface area contributed by atoms with Gasteiger partial charge in [-0.15, -0.1) is 0 Å². The second-order valence-electron chi connectivity index (χ2n) is 5.60. The third-order valence-electron chi connectivity index (χ3n) is 3.93. The Morgan fingerprint density at radius 3 is 2.54 bits per heavy atom. The van der Waals surface area contributed by atoms with E-state index in [4.69, 9.17) is 0 Å². The minimum absolute atomic E-state index is 0.0558. The van der Waals surface area contributed by atoms with Crippen LogP contribution in [0.25, 0.3) is 10.9 Å². The molecule has 3 rings (SSSR count). The zero-order valence-corrected chi connectivity index (χ0v) is 13.5. The summed E-state index contributed by atoms with van der Waals surface area (Å²) >= 11 is 0. The molecule has 2 aromatic carbocycles. The molecule has 0 spiro atoms. The number of H-pyrrole nitrogens is 1. The van der Waals surface area contributed by atoms with Gasteiger partial charge in [-0.1, -0.05) is 42.5 Å². The van der Waals surface area contributed by atoms with Crippen molar-refractivity contribution in [1.29, 1.82) is 0 Å². The number of benzene rings is 2. The van der Waals surface area contributed by atoms with E-state index in [1.165, 1.54) is 0 Å². The molecule has 5 heteroatoms. The number of carbonyl (C=O) groups is 1. The van der Waals surface area contributed by atoms with E-state index in [1.807, 2.05) is 43.3 Å². The number of hydrogen-bond donors (Lipinski definition) is 1. The molecule has 122 valence electrons. The molecular formula is C19H19N3O2. The van der Waals surface area contributed by atoms with Gasteiger partial charge in [-0.05, 0) is 24.6 Å². The van der Waals surface area contributed by atoms with Crippen LogP contribution in [0.1, 0.15) is 18.3 Å². The number of nitrogens with zero attached hydrogens (tertiary/aromatic N) is 2.